The number of hydrogen-bond acceptors (Lipinski definition) is 4. The molecule has 1 heterocycles. The highest BCUT2D eigenvalue weighted by atomic mass is 79.9. The van der Waals surface area contributed by atoms with Gasteiger partial charge in [0.15, 0.2) is 0 Å². The molecule has 0 aliphatic heterocycles. The Balaban J connectivity index is 2.73. The van der Waals surface area contributed by atoms with Crippen molar-refractivity contribution in [2.75, 3.05) is 13.7 Å². The SMILES string of the molecule is CCc1nn(C)c(CC(CC(C)COC)NN)c1Br. The lowest BCUT2D eigenvalue weighted by molar-refractivity contribution is 0.149. The van der Waals surface area contributed by atoms with E-state index in [1.165, 1.54) is 5.69 Å². The summed E-state index contributed by atoms with van der Waals surface area (Å²) in [6.07, 6.45) is 2.76. The smallest absolute Gasteiger partial charge is 0.0766 e. The van der Waals surface area contributed by atoms with Crippen LogP contribution in [0.2, 0.25) is 0 Å². The molecule has 6 heteroatoms. The third kappa shape index (κ3) is 4.56. The molecule has 0 bridgehead atoms. The molecular formula is C13H25BrN4O. The second-order valence-corrected chi connectivity index (χ2v) is 5.84. The van der Waals surface area contributed by atoms with Gasteiger partial charge >= 0.3 is 0 Å². The van der Waals surface area contributed by atoms with Crippen molar-refractivity contribution in [1.29, 1.82) is 0 Å². The summed E-state index contributed by atoms with van der Waals surface area (Å²) in [6.45, 7) is 5.03. The molecule has 0 spiro atoms. The number of methoxy groups -OCH3 is 1. The minimum atomic E-state index is 0.224. The Labute approximate surface area is 124 Å². The number of nitrogens with zero attached hydrogens (tertiary/aromatic N) is 2. The van der Waals surface area contributed by atoms with Gasteiger partial charge in [0.05, 0.1) is 15.9 Å². The molecule has 2 atom stereocenters. The van der Waals surface area contributed by atoms with Crippen LogP contribution in [0.1, 0.15) is 31.7 Å². The van der Waals surface area contributed by atoms with Gasteiger partial charge in [-0.15, -0.1) is 0 Å². The Hall–Kier alpha value is -0.430. The van der Waals surface area contributed by atoms with Gasteiger partial charge in [0, 0.05) is 33.2 Å². The lowest BCUT2D eigenvalue weighted by Crippen LogP contribution is -2.39. The molecule has 0 saturated carbocycles. The van der Waals surface area contributed by atoms with Crippen LogP contribution in [0.3, 0.4) is 0 Å². The molecule has 0 amide bonds. The van der Waals surface area contributed by atoms with Crippen LogP contribution in [0.25, 0.3) is 0 Å². The standard InChI is InChI=1S/C13H25BrN4O/c1-5-11-13(14)12(18(3)17-11)7-10(16-15)6-9(2)8-19-4/h9-10,16H,5-8,15H2,1-4H3. The normalized spacial score (nSPS) is 14.6. The first kappa shape index (κ1) is 16.6. The van der Waals surface area contributed by atoms with E-state index in [1.807, 2.05) is 11.7 Å². The van der Waals surface area contributed by atoms with Crippen LogP contribution >= 0.6 is 15.9 Å². The van der Waals surface area contributed by atoms with Crippen molar-refractivity contribution in [1.82, 2.24) is 15.2 Å². The number of rotatable bonds is 8. The first-order valence-corrected chi connectivity index (χ1v) is 7.48. The zero-order valence-corrected chi connectivity index (χ0v) is 13.8. The Morgan fingerprint density at radius 1 is 1.53 bits per heavy atom. The average molecular weight is 333 g/mol. The van der Waals surface area contributed by atoms with Crippen LogP contribution in [-0.4, -0.2) is 29.5 Å². The quantitative estimate of drug-likeness (QED) is 0.562. The molecule has 3 N–H and O–H groups in total. The molecular weight excluding hydrogens is 308 g/mol. The van der Waals surface area contributed by atoms with E-state index in [2.05, 4.69) is 40.3 Å². The first-order chi connectivity index (χ1) is 9.03. The molecule has 5 nitrogen and oxygen atoms in total. The van der Waals surface area contributed by atoms with E-state index in [-0.39, 0.29) is 6.04 Å². The summed E-state index contributed by atoms with van der Waals surface area (Å²) < 4.78 is 8.22. The van der Waals surface area contributed by atoms with Gasteiger partial charge in [-0.25, -0.2) is 0 Å². The summed E-state index contributed by atoms with van der Waals surface area (Å²) >= 11 is 3.64. The summed E-state index contributed by atoms with van der Waals surface area (Å²) in [6, 6.07) is 0.224. The van der Waals surface area contributed by atoms with Gasteiger partial charge in [-0.2, -0.15) is 5.10 Å². The molecule has 0 saturated heterocycles. The first-order valence-electron chi connectivity index (χ1n) is 6.68. The van der Waals surface area contributed by atoms with Crippen LogP contribution in [0.5, 0.6) is 0 Å². The van der Waals surface area contributed by atoms with Crippen molar-refractivity contribution in [3.05, 3.63) is 15.9 Å². The predicted molar refractivity (Wildman–Crippen MR) is 80.8 cm³/mol. The van der Waals surface area contributed by atoms with E-state index in [9.17, 15) is 0 Å². The maximum atomic E-state index is 5.67. The summed E-state index contributed by atoms with van der Waals surface area (Å²) in [7, 11) is 3.71. The van der Waals surface area contributed by atoms with Gasteiger partial charge in [-0.05, 0) is 34.7 Å². The molecule has 0 fully saturated rings. The van der Waals surface area contributed by atoms with Gasteiger partial charge in [0.2, 0.25) is 0 Å². The number of ether oxygens (including phenoxy) is 1. The molecule has 2 unspecified atom stereocenters. The maximum Gasteiger partial charge on any atom is 0.0766 e. The van der Waals surface area contributed by atoms with Gasteiger partial charge in [-0.1, -0.05) is 13.8 Å². The van der Waals surface area contributed by atoms with Crippen molar-refractivity contribution in [3.8, 4) is 0 Å². The van der Waals surface area contributed by atoms with Crippen LogP contribution in [0, 0.1) is 5.92 Å². The van der Waals surface area contributed by atoms with Gasteiger partial charge < -0.3 is 4.74 Å². The fourth-order valence-electron chi connectivity index (χ4n) is 2.32. The molecule has 1 aromatic heterocycles. The van der Waals surface area contributed by atoms with Gasteiger partial charge in [-0.3, -0.25) is 16.0 Å². The molecule has 0 aliphatic rings. The van der Waals surface area contributed by atoms with Crippen molar-refractivity contribution in [2.24, 2.45) is 18.8 Å². The number of halogens is 1. The highest BCUT2D eigenvalue weighted by Gasteiger charge is 2.18. The number of hydrazine groups is 1. The second-order valence-electron chi connectivity index (χ2n) is 5.05. The molecule has 110 valence electrons. The van der Waals surface area contributed by atoms with Crippen LogP contribution < -0.4 is 11.3 Å². The molecule has 1 rings (SSSR count). The minimum absolute atomic E-state index is 0.224. The summed E-state index contributed by atoms with van der Waals surface area (Å²) in [5.74, 6) is 6.14. The highest BCUT2D eigenvalue weighted by molar-refractivity contribution is 9.10. The zero-order chi connectivity index (χ0) is 14.4. The average Bonchev–Trinajstić information content (AvgIpc) is 2.65. The van der Waals surface area contributed by atoms with Gasteiger partial charge in [0.25, 0.3) is 0 Å². The monoisotopic (exact) mass is 332 g/mol. The van der Waals surface area contributed by atoms with E-state index in [0.717, 1.165) is 36.0 Å². The largest absolute Gasteiger partial charge is 0.384 e. The van der Waals surface area contributed by atoms with Crippen molar-refractivity contribution in [2.45, 2.75) is 39.2 Å². The Morgan fingerprint density at radius 3 is 2.68 bits per heavy atom. The van der Waals surface area contributed by atoms with Crippen LogP contribution in [-0.2, 0) is 24.6 Å². The van der Waals surface area contributed by atoms with Crippen molar-refractivity contribution in [3.63, 3.8) is 0 Å². The molecule has 0 aromatic carbocycles. The molecule has 19 heavy (non-hydrogen) atoms. The summed E-state index contributed by atoms with van der Waals surface area (Å²) in [4.78, 5) is 0. The Morgan fingerprint density at radius 2 is 2.21 bits per heavy atom. The third-order valence-electron chi connectivity index (χ3n) is 3.32. The lowest BCUT2D eigenvalue weighted by Gasteiger charge is -2.20. The number of aryl methyl sites for hydroxylation is 2. The second kappa shape index (κ2) is 7.99. The number of nitrogens with two attached hydrogens (primary N) is 1. The lowest BCUT2D eigenvalue weighted by atomic mass is 9.99. The van der Waals surface area contributed by atoms with E-state index in [4.69, 9.17) is 10.6 Å². The van der Waals surface area contributed by atoms with Gasteiger partial charge in [0.1, 0.15) is 0 Å². The minimum Gasteiger partial charge on any atom is -0.384 e. The maximum absolute atomic E-state index is 5.67. The molecule has 1 aromatic rings. The molecule has 0 aliphatic carbocycles. The zero-order valence-electron chi connectivity index (χ0n) is 12.2. The van der Waals surface area contributed by atoms with E-state index in [0.29, 0.717) is 5.92 Å². The van der Waals surface area contributed by atoms with Crippen molar-refractivity contribution < 1.29 is 4.74 Å². The highest BCUT2D eigenvalue weighted by Crippen LogP contribution is 2.23. The fourth-order valence-corrected chi connectivity index (χ4v) is 3.10. The molecule has 0 radical (unpaired) electrons. The number of aromatic nitrogens is 2. The fraction of sp³-hybridized carbons (Fsp3) is 0.769. The van der Waals surface area contributed by atoms with E-state index in [1.54, 1.807) is 7.11 Å². The number of hydrogen-bond donors (Lipinski definition) is 2. The van der Waals surface area contributed by atoms with Crippen molar-refractivity contribution >= 4 is 15.9 Å². The Kier molecular flexibility index (Phi) is 6.99. The number of nitrogens with one attached hydrogen (secondary N) is 1. The van der Waals surface area contributed by atoms with E-state index < -0.39 is 0 Å². The van der Waals surface area contributed by atoms with Crippen LogP contribution in [0.15, 0.2) is 4.47 Å². The Bertz CT molecular complexity index is 394. The summed E-state index contributed by atoms with van der Waals surface area (Å²) in [5.41, 5.74) is 5.18. The van der Waals surface area contributed by atoms with Crippen LogP contribution in [0.4, 0.5) is 0 Å². The topological polar surface area (TPSA) is 65.1 Å². The summed E-state index contributed by atoms with van der Waals surface area (Å²) in [5, 5.41) is 4.51. The third-order valence-corrected chi connectivity index (χ3v) is 4.23. The van der Waals surface area contributed by atoms with E-state index >= 15 is 0 Å². The predicted octanol–water partition coefficient (Wildman–Crippen LogP) is 1.79.